The van der Waals surface area contributed by atoms with E-state index in [1.54, 1.807) is 12.1 Å². The minimum atomic E-state index is -0.906. The van der Waals surface area contributed by atoms with Crippen LogP contribution in [0.15, 0.2) is 36.4 Å². The topological polar surface area (TPSA) is 71.5 Å². The number of hydrogen-bond acceptors (Lipinski definition) is 4. The van der Waals surface area contributed by atoms with E-state index in [1.165, 1.54) is 29.2 Å². The number of nitrogens with one attached hydrogen (secondary N) is 1. The lowest BCUT2D eigenvalue weighted by Gasteiger charge is -2.40. The summed E-state index contributed by atoms with van der Waals surface area (Å²) in [6.45, 7) is 0.976. The number of aryl methyl sites for hydroxylation is 1. The van der Waals surface area contributed by atoms with Crippen LogP contribution >= 0.6 is 11.6 Å². The smallest absolute Gasteiger partial charge is 0.320 e. The Hall–Kier alpha value is -2.51. The van der Waals surface area contributed by atoms with E-state index in [0.29, 0.717) is 30.0 Å². The zero-order valence-corrected chi connectivity index (χ0v) is 15.1. The monoisotopic (exact) mass is 389 g/mol. The van der Waals surface area contributed by atoms with E-state index in [2.05, 4.69) is 10.3 Å². The van der Waals surface area contributed by atoms with Crippen LogP contribution < -0.4 is 10.2 Å². The van der Waals surface area contributed by atoms with Crippen molar-refractivity contribution in [3.05, 3.63) is 53.6 Å². The third-order valence-corrected chi connectivity index (χ3v) is 5.18. The molecule has 0 spiro atoms. The first-order valence-corrected chi connectivity index (χ1v) is 8.99. The van der Waals surface area contributed by atoms with Gasteiger partial charge in [-0.15, -0.1) is 0 Å². The maximum Gasteiger partial charge on any atom is 0.320 e. The van der Waals surface area contributed by atoms with Gasteiger partial charge in [-0.25, -0.2) is 4.39 Å². The van der Waals surface area contributed by atoms with Crippen molar-refractivity contribution in [2.45, 2.75) is 18.3 Å². The molecular weight excluding hydrogens is 373 g/mol. The highest BCUT2D eigenvalue weighted by Crippen LogP contribution is 2.36. The van der Waals surface area contributed by atoms with E-state index in [4.69, 9.17) is 16.3 Å². The summed E-state index contributed by atoms with van der Waals surface area (Å²) >= 11 is 5.65. The normalized spacial score (nSPS) is 17.6. The number of nitrogens with zero attached hydrogens (tertiary/aromatic N) is 2. The number of rotatable bonds is 3. The quantitative estimate of drug-likeness (QED) is 0.646. The van der Waals surface area contributed by atoms with Gasteiger partial charge in [0.2, 0.25) is 5.91 Å². The van der Waals surface area contributed by atoms with Crippen molar-refractivity contribution >= 4 is 34.2 Å². The van der Waals surface area contributed by atoms with E-state index in [0.717, 1.165) is 12.1 Å². The maximum atomic E-state index is 13.1. The zero-order chi connectivity index (χ0) is 19.0. The zero-order valence-electron chi connectivity index (χ0n) is 14.4. The Labute approximate surface area is 160 Å². The van der Waals surface area contributed by atoms with Gasteiger partial charge in [0.1, 0.15) is 11.2 Å². The Kier molecular flexibility index (Phi) is 4.57. The summed E-state index contributed by atoms with van der Waals surface area (Å²) in [5.74, 6) is -0.627. The fraction of sp³-hybridized carbons (Fsp3) is 0.316. The molecule has 0 saturated carbocycles. The third kappa shape index (κ3) is 3.17. The van der Waals surface area contributed by atoms with E-state index in [9.17, 15) is 14.0 Å². The first kappa shape index (κ1) is 17.9. The Morgan fingerprint density at radius 3 is 2.56 bits per heavy atom. The molecule has 0 radical (unpaired) electrons. The van der Waals surface area contributed by atoms with Gasteiger partial charge < -0.3 is 10.1 Å². The summed E-state index contributed by atoms with van der Waals surface area (Å²) < 4.78 is 18.4. The van der Waals surface area contributed by atoms with Gasteiger partial charge >= 0.3 is 5.37 Å². The third-order valence-electron chi connectivity index (χ3n) is 4.97. The van der Waals surface area contributed by atoms with Crippen molar-refractivity contribution in [1.82, 2.24) is 4.98 Å². The highest BCUT2D eigenvalue weighted by Gasteiger charge is 2.49. The highest BCUT2D eigenvalue weighted by atomic mass is 35.5. The molecule has 2 amide bonds. The Morgan fingerprint density at radius 1 is 1.19 bits per heavy atom. The number of aromatic nitrogens is 1. The summed E-state index contributed by atoms with van der Waals surface area (Å²) in [6, 6.07) is 9.10. The van der Waals surface area contributed by atoms with Crippen molar-refractivity contribution in [1.29, 1.82) is 0 Å². The summed E-state index contributed by atoms with van der Waals surface area (Å²) in [7, 11) is 0. The largest absolute Gasteiger partial charge is 0.378 e. The van der Waals surface area contributed by atoms with Crippen LogP contribution in [0, 0.1) is 5.82 Å². The van der Waals surface area contributed by atoms with Crippen LogP contribution in [0.2, 0.25) is 0 Å². The first-order chi connectivity index (χ1) is 13.0. The number of pyridine rings is 1. The number of benzene rings is 1. The molecule has 4 rings (SSSR count). The average Bonchev–Trinajstić information content (AvgIpc) is 2.62. The van der Waals surface area contributed by atoms with Crippen LogP contribution in [-0.4, -0.2) is 36.0 Å². The van der Waals surface area contributed by atoms with Crippen molar-refractivity contribution in [3.63, 3.8) is 0 Å². The molecular formula is C19H17ClFN3O3. The van der Waals surface area contributed by atoms with E-state index >= 15 is 0 Å². The molecule has 2 aliphatic heterocycles. The van der Waals surface area contributed by atoms with Crippen LogP contribution in [-0.2, 0) is 21.4 Å². The van der Waals surface area contributed by atoms with E-state index in [-0.39, 0.29) is 24.9 Å². The Morgan fingerprint density at radius 2 is 1.93 bits per heavy atom. The number of carbonyl (C=O) groups excluding carboxylic acids is 2. The molecule has 27 heavy (non-hydrogen) atoms. The number of anilines is 2. The standard InChI is InChI=1S/C19H17ClFN3O3/c20-18(26)24-9-1-2-14-15(24)7-8-16(23-14)19(10-27-11-19)17(25)22-13-5-3-12(21)4-6-13/h3-8H,1-2,9-11H2,(H,22,25). The van der Waals surface area contributed by atoms with Crippen LogP contribution in [0.3, 0.4) is 0 Å². The predicted octanol–water partition coefficient (Wildman–Crippen LogP) is 3.24. The highest BCUT2D eigenvalue weighted by molar-refractivity contribution is 6.66. The number of halogens is 2. The van der Waals surface area contributed by atoms with Gasteiger partial charge in [0.05, 0.1) is 30.3 Å². The molecule has 140 valence electrons. The Bertz CT molecular complexity index is 900. The van der Waals surface area contributed by atoms with E-state index < -0.39 is 10.8 Å². The van der Waals surface area contributed by atoms with Gasteiger partial charge in [-0.2, -0.15) is 0 Å². The molecule has 0 unspecified atom stereocenters. The molecule has 1 aromatic carbocycles. The van der Waals surface area contributed by atoms with Crippen LogP contribution in [0.25, 0.3) is 0 Å². The maximum absolute atomic E-state index is 13.1. The second kappa shape index (κ2) is 6.90. The SMILES string of the molecule is O=C(Cl)N1CCCc2nc(C3(C(=O)Nc4ccc(F)cc4)COC3)ccc21. The molecule has 1 N–H and O–H groups in total. The molecule has 2 aromatic rings. The summed E-state index contributed by atoms with van der Waals surface area (Å²) in [5, 5.41) is 2.27. The number of amides is 2. The summed E-state index contributed by atoms with van der Waals surface area (Å²) in [5.41, 5.74) is 1.62. The van der Waals surface area contributed by atoms with Crippen molar-refractivity contribution < 1.29 is 18.7 Å². The molecule has 0 atom stereocenters. The predicted molar refractivity (Wildman–Crippen MR) is 98.7 cm³/mol. The fourth-order valence-corrected chi connectivity index (χ4v) is 3.56. The molecule has 1 saturated heterocycles. The molecule has 8 heteroatoms. The van der Waals surface area contributed by atoms with Crippen molar-refractivity contribution in [2.75, 3.05) is 30.0 Å². The first-order valence-electron chi connectivity index (χ1n) is 8.62. The second-order valence-electron chi connectivity index (χ2n) is 6.71. The molecule has 1 fully saturated rings. The molecule has 6 nitrogen and oxygen atoms in total. The molecule has 1 aromatic heterocycles. The second-order valence-corrected chi connectivity index (χ2v) is 7.03. The van der Waals surface area contributed by atoms with Gasteiger partial charge in [0.25, 0.3) is 0 Å². The van der Waals surface area contributed by atoms with Crippen LogP contribution in [0.4, 0.5) is 20.6 Å². The van der Waals surface area contributed by atoms with Gasteiger partial charge in [0.15, 0.2) is 0 Å². The molecule has 3 heterocycles. The van der Waals surface area contributed by atoms with Crippen molar-refractivity contribution in [2.24, 2.45) is 0 Å². The van der Waals surface area contributed by atoms with Gasteiger partial charge in [-0.05, 0) is 60.8 Å². The van der Waals surface area contributed by atoms with Gasteiger partial charge in [-0.3, -0.25) is 19.5 Å². The average molecular weight is 390 g/mol. The minimum absolute atomic E-state index is 0.212. The summed E-state index contributed by atoms with van der Waals surface area (Å²) in [6.07, 6.45) is 1.47. The van der Waals surface area contributed by atoms with E-state index in [1.807, 2.05) is 0 Å². The molecule has 0 bridgehead atoms. The lowest BCUT2D eigenvalue weighted by atomic mass is 9.80. The number of ether oxygens (including phenoxy) is 1. The number of hydrogen-bond donors (Lipinski definition) is 1. The summed E-state index contributed by atoms with van der Waals surface area (Å²) in [4.78, 5) is 30.7. The lowest BCUT2D eigenvalue weighted by Crippen LogP contribution is -2.56. The van der Waals surface area contributed by atoms with Crippen LogP contribution in [0.5, 0.6) is 0 Å². The van der Waals surface area contributed by atoms with Gasteiger partial charge in [0, 0.05) is 12.2 Å². The Balaban J connectivity index is 1.63. The van der Waals surface area contributed by atoms with Gasteiger partial charge in [-0.1, -0.05) is 0 Å². The number of carbonyl (C=O) groups is 2. The minimum Gasteiger partial charge on any atom is -0.378 e. The molecule has 0 aliphatic carbocycles. The fourth-order valence-electron chi connectivity index (χ4n) is 3.38. The lowest BCUT2D eigenvalue weighted by molar-refractivity contribution is -0.140. The van der Waals surface area contributed by atoms with Crippen molar-refractivity contribution in [3.8, 4) is 0 Å². The van der Waals surface area contributed by atoms with Crippen LogP contribution in [0.1, 0.15) is 17.8 Å². The number of fused-ring (bicyclic) bond motifs is 1. The molecule has 2 aliphatic rings.